The Kier molecular flexibility index (Phi) is 4.84. The lowest BCUT2D eigenvalue weighted by Gasteiger charge is -2.23. The van der Waals surface area contributed by atoms with Crippen LogP contribution in [0, 0.1) is 0 Å². The topological polar surface area (TPSA) is 106 Å². The molecule has 0 spiro atoms. The van der Waals surface area contributed by atoms with Gasteiger partial charge in [-0.15, -0.1) is 0 Å². The lowest BCUT2D eigenvalue weighted by molar-refractivity contribution is 0.0918. The average molecular weight is 363 g/mol. The van der Waals surface area contributed by atoms with Gasteiger partial charge >= 0.3 is 0 Å². The van der Waals surface area contributed by atoms with Crippen LogP contribution in [-0.4, -0.2) is 34.0 Å². The number of benzene rings is 1. The van der Waals surface area contributed by atoms with Crippen LogP contribution in [0.25, 0.3) is 11.4 Å². The maximum atomic E-state index is 12.2. The van der Waals surface area contributed by atoms with Crippen molar-refractivity contribution in [1.82, 2.24) is 20.3 Å². The van der Waals surface area contributed by atoms with E-state index < -0.39 is 0 Å². The number of aromatic amines is 1. The second-order valence-corrected chi connectivity index (χ2v) is 6.54. The quantitative estimate of drug-likeness (QED) is 0.584. The lowest BCUT2D eigenvalue weighted by Crippen LogP contribution is -2.35. The minimum Gasteiger partial charge on any atom is -0.377 e. The fourth-order valence-corrected chi connectivity index (χ4v) is 3.29. The highest BCUT2D eigenvalue weighted by Crippen LogP contribution is 2.30. The van der Waals surface area contributed by atoms with Gasteiger partial charge in [0, 0.05) is 31.0 Å². The molecule has 2 aromatic heterocycles. The van der Waals surface area contributed by atoms with Crippen LogP contribution in [0.3, 0.4) is 0 Å². The van der Waals surface area contributed by atoms with Gasteiger partial charge in [-0.1, -0.05) is 30.3 Å². The number of fused-ring (bicyclic) bond motifs is 1. The van der Waals surface area contributed by atoms with Gasteiger partial charge in [0.25, 0.3) is 5.91 Å². The maximum absolute atomic E-state index is 12.2. The molecule has 0 aliphatic carbocycles. The number of carbonyl (C=O) groups is 1. The fourth-order valence-electron chi connectivity index (χ4n) is 3.29. The van der Waals surface area contributed by atoms with Gasteiger partial charge in [-0.3, -0.25) is 4.79 Å². The summed E-state index contributed by atoms with van der Waals surface area (Å²) in [6.45, 7) is 1.79. The van der Waals surface area contributed by atoms with Gasteiger partial charge in [-0.2, -0.15) is 0 Å². The number of H-pyrrole nitrogens is 1. The SMILES string of the molecule is Nc1nccc(-c2cc3c([nH]2)C(CCOCc2ccccc2)CNC3=O)n1. The van der Waals surface area contributed by atoms with Gasteiger partial charge in [0.15, 0.2) is 0 Å². The van der Waals surface area contributed by atoms with Crippen molar-refractivity contribution in [3.05, 3.63) is 65.5 Å². The number of ether oxygens (including phenoxy) is 1. The van der Waals surface area contributed by atoms with E-state index >= 15 is 0 Å². The predicted octanol–water partition coefficient (Wildman–Crippen LogP) is 2.49. The molecule has 7 nitrogen and oxygen atoms in total. The first-order chi connectivity index (χ1) is 13.2. The molecule has 1 unspecified atom stereocenters. The van der Waals surface area contributed by atoms with Crippen molar-refractivity contribution in [2.75, 3.05) is 18.9 Å². The van der Waals surface area contributed by atoms with Crippen molar-refractivity contribution >= 4 is 11.9 Å². The molecule has 27 heavy (non-hydrogen) atoms. The summed E-state index contributed by atoms with van der Waals surface area (Å²) in [6, 6.07) is 13.7. The summed E-state index contributed by atoms with van der Waals surface area (Å²) < 4.78 is 5.81. The van der Waals surface area contributed by atoms with Gasteiger partial charge in [0.05, 0.1) is 23.6 Å². The van der Waals surface area contributed by atoms with E-state index in [2.05, 4.69) is 20.3 Å². The first-order valence-electron chi connectivity index (χ1n) is 8.92. The van der Waals surface area contributed by atoms with E-state index in [1.54, 1.807) is 12.3 Å². The third-order valence-corrected chi connectivity index (χ3v) is 4.68. The van der Waals surface area contributed by atoms with Crippen molar-refractivity contribution in [3.8, 4) is 11.4 Å². The summed E-state index contributed by atoms with van der Waals surface area (Å²) in [5.41, 5.74) is 9.84. The molecular formula is C20H21N5O2. The van der Waals surface area contributed by atoms with E-state index in [1.807, 2.05) is 36.4 Å². The number of nitrogen functional groups attached to an aromatic ring is 1. The van der Waals surface area contributed by atoms with Crippen LogP contribution in [-0.2, 0) is 11.3 Å². The molecule has 0 fully saturated rings. The fraction of sp³-hybridized carbons (Fsp3) is 0.250. The van der Waals surface area contributed by atoms with E-state index in [4.69, 9.17) is 10.5 Å². The largest absolute Gasteiger partial charge is 0.377 e. The van der Waals surface area contributed by atoms with Crippen LogP contribution < -0.4 is 11.1 Å². The number of anilines is 1. The van der Waals surface area contributed by atoms with Crippen LogP contribution in [0.15, 0.2) is 48.7 Å². The summed E-state index contributed by atoms with van der Waals surface area (Å²) >= 11 is 0. The molecule has 7 heteroatoms. The zero-order valence-corrected chi connectivity index (χ0v) is 14.8. The molecule has 1 atom stereocenters. The van der Waals surface area contributed by atoms with Crippen molar-refractivity contribution in [2.45, 2.75) is 18.9 Å². The molecule has 4 rings (SSSR count). The number of nitrogens with zero attached hydrogens (tertiary/aromatic N) is 2. The minimum absolute atomic E-state index is 0.0732. The number of nitrogens with one attached hydrogen (secondary N) is 2. The van der Waals surface area contributed by atoms with Crippen LogP contribution in [0.1, 0.15) is 34.0 Å². The summed E-state index contributed by atoms with van der Waals surface area (Å²) in [4.78, 5) is 23.7. The number of hydrogen-bond donors (Lipinski definition) is 3. The molecular weight excluding hydrogens is 342 g/mol. The first-order valence-corrected chi connectivity index (χ1v) is 8.92. The van der Waals surface area contributed by atoms with Gasteiger partial charge in [0.1, 0.15) is 0 Å². The first kappa shape index (κ1) is 17.2. The smallest absolute Gasteiger partial charge is 0.253 e. The number of nitrogens with two attached hydrogens (primary N) is 1. The van der Waals surface area contributed by atoms with E-state index in [-0.39, 0.29) is 17.8 Å². The second kappa shape index (κ2) is 7.59. The number of amides is 1. The molecule has 0 bridgehead atoms. The normalized spacial score (nSPS) is 16.0. The molecule has 138 valence electrons. The molecule has 4 N–H and O–H groups in total. The monoisotopic (exact) mass is 363 g/mol. The predicted molar refractivity (Wildman–Crippen MR) is 102 cm³/mol. The molecule has 1 aliphatic rings. The Morgan fingerprint density at radius 2 is 2.07 bits per heavy atom. The summed E-state index contributed by atoms with van der Waals surface area (Å²) in [5, 5.41) is 2.95. The summed E-state index contributed by atoms with van der Waals surface area (Å²) in [5.74, 6) is 0.299. The molecule has 3 aromatic rings. The van der Waals surface area contributed by atoms with E-state index in [9.17, 15) is 4.79 Å². The van der Waals surface area contributed by atoms with E-state index in [0.29, 0.717) is 31.0 Å². The minimum atomic E-state index is -0.0732. The summed E-state index contributed by atoms with van der Waals surface area (Å²) in [7, 11) is 0. The van der Waals surface area contributed by atoms with Crippen LogP contribution in [0.5, 0.6) is 0 Å². The van der Waals surface area contributed by atoms with E-state index in [0.717, 1.165) is 23.4 Å². The zero-order valence-electron chi connectivity index (χ0n) is 14.8. The van der Waals surface area contributed by atoms with Gasteiger partial charge in [0.2, 0.25) is 5.95 Å². The average Bonchev–Trinajstić information content (AvgIpc) is 3.14. The van der Waals surface area contributed by atoms with Crippen LogP contribution >= 0.6 is 0 Å². The molecule has 1 aromatic carbocycles. The maximum Gasteiger partial charge on any atom is 0.253 e. The number of hydrogen-bond acceptors (Lipinski definition) is 5. The molecule has 0 radical (unpaired) electrons. The summed E-state index contributed by atoms with van der Waals surface area (Å²) in [6.07, 6.45) is 2.42. The number of carbonyl (C=O) groups excluding carboxylic acids is 1. The Morgan fingerprint density at radius 3 is 2.89 bits per heavy atom. The Balaban J connectivity index is 1.45. The van der Waals surface area contributed by atoms with Gasteiger partial charge in [-0.25, -0.2) is 9.97 Å². The standard InChI is InChI=1S/C20H21N5O2/c21-20-22-8-6-16(25-20)17-10-15-18(24-17)14(11-23-19(15)26)7-9-27-12-13-4-2-1-3-5-13/h1-6,8,10,14,24H,7,9,11-12H2,(H,23,26)(H2,21,22,25). The Bertz CT molecular complexity index is 939. The number of aromatic nitrogens is 3. The molecule has 0 saturated carbocycles. The third kappa shape index (κ3) is 3.83. The van der Waals surface area contributed by atoms with Crippen LogP contribution in [0.4, 0.5) is 5.95 Å². The second-order valence-electron chi connectivity index (χ2n) is 6.54. The van der Waals surface area contributed by atoms with Gasteiger partial charge < -0.3 is 20.8 Å². The van der Waals surface area contributed by atoms with Crippen molar-refractivity contribution in [1.29, 1.82) is 0 Å². The molecule has 1 amide bonds. The Labute approximate surface area is 157 Å². The zero-order chi connectivity index (χ0) is 18.6. The molecule has 0 saturated heterocycles. The highest BCUT2D eigenvalue weighted by molar-refractivity contribution is 5.98. The Morgan fingerprint density at radius 1 is 1.22 bits per heavy atom. The van der Waals surface area contributed by atoms with Crippen molar-refractivity contribution in [3.63, 3.8) is 0 Å². The van der Waals surface area contributed by atoms with Crippen molar-refractivity contribution < 1.29 is 9.53 Å². The van der Waals surface area contributed by atoms with Crippen molar-refractivity contribution in [2.24, 2.45) is 0 Å². The highest BCUT2D eigenvalue weighted by atomic mass is 16.5. The lowest BCUT2D eigenvalue weighted by atomic mass is 9.95. The molecule has 3 heterocycles. The third-order valence-electron chi connectivity index (χ3n) is 4.68. The van der Waals surface area contributed by atoms with E-state index in [1.165, 1.54) is 0 Å². The molecule has 1 aliphatic heterocycles. The highest BCUT2D eigenvalue weighted by Gasteiger charge is 2.28. The Hall–Kier alpha value is -3.19. The van der Waals surface area contributed by atoms with Gasteiger partial charge in [-0.05, 0) is 24.1 Å². The van der Waals surface area contributed by atoms with Crippen LogP contribution in [0.2, 0.25) is 0 Å². The number of rotatable bonds is 6.